The van der Waals surface area contributed by atoms with Crippen LogP contribution in [0.5, 0.6) is 0 Å². The maximum atomic E-state index is 13.8. The minimum atomic E-state index is -0.674. The summed E-state index contributed by atoms with van der Waals surface area (Å²) in [5, 5.41) is 5.87. The Balaban J connectivity index is 1.68. The van der Waals surface area contributed by atoms with Crippen LogP contribution in [0.1, 0.15) is 27.6 Å². The van der Waals surface area contributed by atoms with E-state index >= 15 is 0 Å². The van der Waals surface area contributed by atoms with Gasteiger partial charge in [-0.15, -0.1) is 0 Å². The first-order valence-corrected chi connectivity index (χ1v) is 8.55. The van der Waals surface area contributed by atoms with Gasteiger partial charge in [0.25, 0.3) is 5.91 Å². The van der Waals surface area contributed by atoms with E-state index in [1.807, 2.05) is 12.1 Å². The standard InChI is InChI=1S/C21H16ClFN2O2/c1-13(26)14-5-7-15(8-6-14)24-16-9-11-17(12-10-16)25-21(27)20-18(22)3-2-4-19(20)23/h2-12,24H,1H3,(H,25,27). The second kappa shape index (κ2) is 8.01. The van der Waals surface area contributed by atoms with Crippen LogP contribution in [0.15, 0.2) is 66.7 Å². The topological polar surface area (TPSA) is 58.2 Å². The van der Waals surface area contributed by atoms with E-state index in [4.69, 9.17) is 11.6 Å². The molecule has 3 rings (SSSR count). The molecular weight excluding hydrogens is 367 g/mol. The van der Waals surface area contributed by atoms with E-state index in [-0.39, 0.29) is 16.4 Å². The summed E-state index contributed by atoms with van der Waals surface area (Å²) in [6.45, 7) is 1.52. The van der Waals surface area contributed by atoms with Crippen molar-refractivity contribution in [2.45, 2.75) is 6.92 Å². The monoisotopic (exact) mass is 382 g/mol. The molecule has 3 aromatic carbocycles. The summed E-state index contributed by atoms with van der Waals surface area (Å²) < 4.78 is 13.8. The molecule has 0 aromatic heterocycles. The van der Waals surface area contributed by atoms with Crippen molar-refractivity contribution in [1.29, 1.82) is 0 Å². The molecule has 0 atom stereocenters. The van der Waals surface area contributed by atoms with E-state index in [0.29, 0.717) is 11.3 Å². The summed E-state index contributed by atoms with van der Waals surface area (Å²) in [5.74, 6) is -1.28. The zero-order valence-corrected chi connectivity index (χ0v) is 15.2. The van der Waals surface area contributed by atoms with Gasteiger partial charge in [-0.1, -0.05) is 17.7 Å². The smallest absolute Gasteiger partial charge is 0.260 e. The van der Waals surface area contributed by atoms with Gasteiger partial charge in [-0.3, -0.25) is 9.59 Å². The minimum absolute atomic E-state index is 0.0107. The summed E-state index contributed by atoms with van der Waals surface area (Å²) in [6, 6.07) is 18.1. The number of hydrogen-bond acceptors (Lipinski definition) is 3. The van der Waals surface area contributed by atoms with Gasteiger partial charge in [-0.05, 0) is 67.6 Å². The normalized spacial score (nSPS) is 10.3. The minimum Gasteiger partial charge on any atom is -0.356 e. The number of carbonyl (C=O) groups is 2. The first-order chi connectivity index (χ1) is 12.9. The van der Waals surface area contributed by atoms with Crippen molar-refractivity contribution < 1.29 is 14.0 Å². The van der Waals surface area contributed by atoms with E-state index in [1.54, 1.807) is 36.4 Å². The third-order valence-corrected chi connectivity index (χ3v) is 4.23. The first-order valence-electron chi connectivity index (χ1n) is 8.17. The van der Waals surface area contributed by atoms with E-state index in [0.717, 1.165) is 11.4 Å². The van der Waals surface area contributed by atoms with Gasteiger partial charge in [0.2, 0.25) is 0 Å². The number of benzene rings is 3. The molecule has 6 heteroatoms. The van der Waals surface area contributed by atoms with Crippen LogP contribution in [-0.2, 0) is 0 Å². The van der Waals surface area contributed by atoms with Crippen LogP contribution in [0.3, 0.4) is 0 Å². The first kappa shape index (κ1) is 18.6. The van der Waals surface area contributed by atoms with E-state index in [1.165, 1.54) is 25.1 Å². The number of hydrogen-bond donors (Lipinski definition) is 2. The van der Waals surface area contributed by atoms with Gasteiger partial charge < -0.3 is 10.6 Å². The fourth-order valence-corrected chi connectivity index (χ4v) is 2.75. The van der Waals surface area contributed by atoms with Gasteiger partial charge in [0, 0.05) is 22.6 Å². The van der Waals surface area contributed by atoms with Crippen LogP contribution in [0.4, 0.5) is 21.5 Å². The fraction of sp³-hybridized carbons (Fsp3) is 0.0476. The number of carbonyl (C=O) groups excluding carboxylic acids is 2. The zero-order valence-electron chi connectivity index (χ0n) is 14.4. The highest BCUT2D eigenvalue weighted by Crippen LogP contribution is 2.22. The molecule has 0 unspecified atom stereocenters. The molecule has 27 heavy (non-hydrogen) atoms. The molecule has 3 aromatic rings. The van der Waals surface area contributed by atoms with Crippen molar-refractivity contribution in [3.8, 4) is 0 Å². The van der Waals surface area contributed by atoms with Gasteiger partial charge >= 0.3 is 0 Å². The highest BCUT2D eigenvalue weighted by Gasteiger charge is 2.15. The Kier molecular flexibility index (Phi) is 5.52. The number of anilines is 3. The van der Waals surface area contributed by atoms with Crippen LogP contribution in [0.2, 0.25) is 5.02 Å². The van der Waals surface area contributed by atoms with Crippen molar-refractivity contribution in [3.05, 3.63) is 88.7 Å². The second-order valence-electron chi connectivity index (χ2n) is 5.89. The predicted octanol–water partition coefficient (Wildman–Crippen LogP) is 5.68. The van der Waals surface area contributed by atoms with Crippen LogP contribution in [0, 0.1) is 5.82 Å². The summed E-state index contributed by atoms with van der Waals surface area (Å²) in [5.41, 5.74) is 2.59. The zero-order chi connectivity index (χ0) is 19.4. The highest BCUT2D eigenvalue weighted by molar-refractivity contribution is 6.34. The lowest BCUT2D eigenvalue weighted by atomic mass is 10.1. The second-order valence-corrected chi connectivity index (χ2v) is 6.29. The lowest BCUT2D eigenvalue weighted by Crippen LogP contribution is -2.14. The van der Waals surface area contributed by atoms with Crippen molar-refractivity contribution >= 4 is 40.4 Å². The molecule has 0 heterocycles. The number of nitrogens with one attached hydrogen (secondary N) is 2. The third kappa shape index (κ3) is 4.51. The Morgan fingerprint density at radius 3 is 1.96 bits per heavy atom. The summed E-state index contributed by atoms with van der Waals surface area (Å²) in [6.07, 6.45) is 0. The van der Waals surface area contributed by atoms with Crippen molar-refractivity contribution in [2.24, 2.45) is 0 Å². The number of amides is 1. The van der Waals surface area contributed by atoms with E-state index in [9.17, 15) is 14.0 Å². The average molecular weight is 383 g/mol. The summed E-state index contributed by atoms with van der Waals surface area (Å²) in [7, 11) is 0. The Hall–Kier alpha value is -3.18. The summed E-state index contributed by atoms with van der Waals surface area (Å²) >= 11 is 5.90. The molecular formula is C21H16ClFN2O2. The molecule has 136 valence electrons. The maximum absolute atomic E-state index is 13.8. The van der Waals surface area contributed by atoms with Gasteiger partial charge in [0.05, 0.1) is 10.6 Å². The molecule has 1 amide bonds. The van der Waals surface area contributed by atoms with Crippen LogP contribution < -0.4 is 10.6 Å². The average Bonchev–Trinajstić information content (AvgIpc) is 2.63. The number of Topliss-reactive ketones (excluding diaryl/α,β-unsaturated/α-hetero) is 1. The molecule has 0 aliphatic rings. The lowest BCUT2D eigenvalue weighted by Gasteiger charge is -2.10. The Morgan fingerprint density at radius 2 is 1.41 bits per heavy atom. The molecule has 0 fully saturated rings. The van der Waals surface area contributed by atoms with Crippen molar-refractivity contribution in [3.63, 3.8) is 0 Å². The molecule has 2 N–H and O–H groups in total. The number of ketones is 1. The van der Waals surface area contributed by atoms with Crippen LogP contribution in [-0.4, -0.2) is 11.7 Å². The summed E-state index contributed by atoms with van der Waals surface area (Å²) in [4.78, 5) is 23.5. The highest BCUT2D eigenvalue weighted by atomic mass is 35.5. The SMILES string of the molecule is CC(=O)c1ccc(Nc2ccc(NC(=O)c3c(F)cccc3Cl)cc2)cc1. The van der Waals surface area contributed by atoms with E-state index < -0.39 is 11.7 Å². The molecule has 0 aliphatic carbocycles. The molecule has 4 nitrogen and oxygen atoms in total. The predicted molar refractivity (Wildman–Crippen MR) is 106 cm³/mol. The Labute approximate surface area is 161 Å². The van der Waals surface area contributed by atoms with Crippen LogP contribution >= 0.6 is 11.6 Å². The van der Waals surface area contributed by atoms with E-state index in [2.05, 4.69) is 10.6 Å². The molecule has 0 saturated heterocycles. The van der Waals surface area contributed by atoms with Gasteiger partial charge in [0.15, 0.2) is 5.78 Å². The van der Waals surface area contributed by atoms with Crippen LogP contribution in [0.25, 0.3) is 0 Å². The number of halogens is 2. The van der Waals surface area contributed by atoms with Crippen molar-refractivity contribution in [1.82, 2.24) is 0 Å². The molecule has 0 aliphatic heterocycles. The molecule has 0 saturated carbocycles. The maximum Gasteiger partial charge on any atom is 0.260 e. The van der Waals surface area contributed by atoms with Gasteiger partial charge in [-0.25, -0.2) is 4.39 Å². The Bertz CT molecular complexity index is 966. The lowest BCUT2D eigenvalue weighted by molar-refractivity contribution is 0.101. The van der Waals surface area contributed by atoms with Gasteiger partial charge in [-0.2, -0.15) is 0 Å². The quantitative estimate of drug-likeness (QED) is 0.558. The Morgan fingerprint density at radius 1 is 0.852 bits per heavy atom. The van der Waals surface area contributed by atoms with Crippen molar-refractivity contribution in [2.75, 3.05) is 10.6 Å². The largest absolute Gasteiger partial charge is 0.356 e. The molecule has 0 bridgehead atoms. The molecule has 0 radical (unpaired) electrons. The fourth-order valence-electron chi connectivity index (χ4n) is 2.50. The number of rotatable bonds is 5. The molecule has 0 spiro atoms. The third-order valence-electron chi connectivity index (χ3n) is 3.91. The van der Waals surface area contributed by atoms with Gasteiger partial charge in [0.1, 0.15) is 5.82 Å².